The highest BCUT2D eigenvalue weighted by atomic mass is 31.1. The number of ether oxygens (including phenoxy) is 3. The van der Waals surface area contributed by atoms with Gasteiger partial charge in [-0.05, 0) is 74.8 Å². The Labute approximate surface area is 287 Å². The van der Waals surface area contributed by atoms with E-state index in [1.807, 2.05) is 0 Å². The number of nitrogens with zero attached hydrogens (tertiary/aromatic N) is 3. The lowest BCUT2D eigenvalue weighted by Gasteiger charge is -2.33. The molecule has 0 saturated heterocycles. The van der Waals surface area contributed by atoms with Crippen LogP contribution in [0.1, 0.15) is 78.1 Å². The summed E-state index contributed by atoms with van der Waals surface area (Å²) < 4.78 is 71.7. The van der Waals surface area contributed by atoms with Gasteiger partial charge in [-0.1, -0.05) is 12.1 Å². The highest BCUT2D eigenvalue weighted by molar-refractivity contribution is 7.24. The minimum Gasteiger partial charge on any atom is -0.495 e. The molecule has 1 aliphatic carbocycles. The summed E-state index contributed by atoms with van der Waals surface area (Å²) in [6.45, 7) is 4.03. The number of carboxylic acid groups (broad SMARTS) is 1. The molecule has 1 aromatic heterocycles. The predicted molar refractivity (Wildman–Crippen MR) is 175 cm³/mol. The molecule has 0 unspecified atom stereocenters. The molecule has 0 spiro atoms. The Bertz CT molecular complexity index is 1780. The molecule has 268 valence electrons. The fraction of sp³-hybridized carbons (Fsp3) is 0.455. The van der Waals surface area contributed by atoms with Gasteiger partial charge in [-0.3, -0.25) is 9.36 Å². The van der Waals surface area contributed by atoms with Crippen LogP contribution < -0.4 is 15.4 Å². The topological polar surface area (TPSA) is 172 Å². The zero-order chi connectivity index (χ0) is 36.4. The van der Waals surface area contributed by atoms with Crippen LogP contribution in [0.25, 0.3) is 0 Å². The summed E-state index contributed by atoms with van der Waals surface area (Å²) in [5.74, 6) is -2.46. The van der Waals surface area contributed by atoms with E-state index in [-0.39, 0.29) is 67.2 Å². The minimum absolute atomic E-state index is 0.0307. The SMILES string of the molecule is CCOC(OCC)(P=O)c1ccc(Nc2ncc(C(F)(F)F)c(Nc3ccc(C4CCC(O)(C(=O)O)CC4)c4c3C(=O)N(C)C4)n2)c(OC)c1. The minimum atomic E-state index is -4.85. The molecule has 1 aliphatic heterocycles. The summed E-state index contributed by atoms with van der Waals surface area (Å²) in [5.41, 5.74) is -2.26. The summed E-state index contributed by atoms with van der Waals surface area (Å²) in [4.78, 5) is 34.4. The largest absolute Gasteiger partial charge is 0.495 e. The molecule has 2 heterocycles. The van der Waals surface area contributed by atoms with Gasteiger partial charge in [0.15, 0.2) is 5.60 Å². The fourth-order valence-corrected chi connectivity index (χ4v) is 6.98. The first-order chi connectivity index (χ1) is 23.7. The van der Waals surface area contributed by atoms with Gasteiger partial charge in [-0.2, -0.15) is 18.2 Å². The van der Waals surface area contributed by atoms with Crippen LogP contribution in [-0.4, -0.2) is 69.9 Å². The van der Waals surface area contributed by atoms with Gasteiger partial charge in [0, 0.05) is 38.6 Å². The molecule has 3 aromatic rings. The molecule has 2 aliphatic rings. The van der Waals surface area contributed by atoms with Gasteiger partial charge in [0.2, 0.25) is 14.4 Å². The van der Waals surface area contributed by atoms with E-state index in [4.69, 9.17) is 14.2 Å². The highest BCUT2D eigenvalue weighted by Crippen LogP contribution is 2.45. The van der Waals surface area contributed by atoms with Crippen molar-refractivity contribution in [1.82, 2.24) is 14.9 Å². The van der Waals surface area contributed by atoms with Crippen molar-refractivity contribution in [3.63, 3.8) is 0 Å². The van der Waals surface area contributed by atoms with E-state index in [1.54, 1.807) is 33.0 Å². The van der Waals surface area contributed by atoms with Crippen LogP contribution in [0, 0.1) is 0 Å². The second kappa shape index (κ2) is 14.5. The normalized spacial score (nSPS) is 19.4. The van der Waals surface area contributed by atoms with Gasteiger partial charge in [0.1, 0.15) is 17.1 Å². The Kier molecular flexibility index (Phi) is 10.7. The number of nitrogens with one attached hydrogen (secondary N) is 2. The first kappa shape index (κ1) is 36.9. The smallest absolute Gasteiger partial charge is 0.421 e. The molecular formula is C33H37F3N5O8P. The average Bonchev–Trinajstić information content (AvgIpc) is 3.38. The van der Waals surface area contributed by atoms with E-state index in [9.17, 15) is 37.5 Å². The number of carbonyl (C=O) groups is 2. The van der Waals surface area contributed by atoms with Gasteiger partial charge >= 0.3 is 12.1 Å². The molecule has 1 fully saturated rings. The number of amides is 1. The maximum atomic E-state index is 14.2. The van der Waals surface area contributed by atoms with Crippen molar-refractivity contribution in [2.24, 2.45) is 0 Å². The van der Waals surface area contributed by atoms with Crippen LogP contribution in [0.4, 0.5) is 36.3 Å². The summed E-state index contributed by atoms with van der Waals surface area (Å²) in [5, 5.41) is 25.4. The van der Waals surface area contributed by atoms with Crippen molar-refractivity contribution in [2.45, 2.75) is 69.3 Å². The second-order valence-electron chi connectivity index (χ2n) is 12.0. The third-order valence-electron chi connectivity index (χ3n) is 8.92. The third-order valence-corrected chi connectivity index (χ3v) is 9.67. The number of rotatable bonds is 13. The number of aliphatic hydroxyl groups is 1. The quantitative estimate of drug-likeness (QED) is 0.111. The molecule has 50 heavy (non-hydrogen) atoms. The van der Waals surface area contributed by atoms with Gasteiger partial charge in [-0.15, -0.1) is 0 Å². The number of aliphatic carboxylic acids is 1. The van der Waals surface area contributed by atoms with Crippen LogP contribution in [0.2, 0.25) is 0 Å². The number of methoxy groups -OCH3 is 1. The molecule has 17 heteroatoms. The number of carboxylic acids is 1. The van der Waals surface area contributed by atoms with Crippen LogP contribution >= 0.6 is 8.46 Å². The Hall–Kier alpha value is -4.37. The van der Waals surface area contributed by atoms with E-state index in [0.717, 1.165) is 5.56 Å². The first-order valence-electron chi connectivity index (χ1n) is 15.9. The lowest BCUT2D eigenvalue weighted by Crippen LogP contribution is -2.41. The van der Waals surface area contributed by atoms with E-state index in [2.05, 4.69) is 20.6 Å². The number of alkyl halides is 3. The third kappa shape index (κ3) is 7.11. The molecule has 0 radical (unpaired) electrons. The Morgan fingerprint density at radius 3 is 2.34 bits per heavy atom. The van der Waals surface area contributed by atoms with E-state index in [1.165, 1.54) is 30.2 Å². The van der Waals surface area contributed by atoms with Crippen molar-refractivity contribution in [2.75, 3.05) is 38.0 Å². The standard InChI is InChI=1S/C33H37F3N5O8P/c1-5-48-33(50-46,49-6-2)19-7-9-23(25(15-19)47-4)39-30-37-16-22(32(34,35)36)27(40-30)38-24-10-8-20(21-17-41(3)28(42)26(21)24)18-11-13-31(45,14-12-18)29(43)44/h7-10,15-16,18,45H,5-6,11-14,17H2,1-4H3,(H,43,44)(H2,37,38,39,40). The maximum absolute atomic E-state index is 14.2. The van der Waals surface area contributed by atoms with Gasteiger partial charge < -0.3 is 40.0 Å². The van der Waals surface area contributed by atoms with E-state index >= 15 is 0 Å². The van der Waals surface area contributed by atoms with Gasteiger partial charge in [0.25, 0.3) is 11.4 Å². The monoisotopic (exact) mass is 719 g/mol. The number of aromatic nitrogens is 2. The Morgan fingerprint density at radius 1 is 1.10 bits per heavy atom. The van der Waals surface area contributed by atoms with Crippen molar-refractivity contribution >= 4 is 43.5 Å². The highest BCUT2D eigenvalue weighted by Gasteiger charge is 2.42. The fourth-order valence-electron chi connectivity index (χ4n) is 6.37. The maximum Gasteiger partial charge on any atom is 0.421 e. The number of halogens is 3. The molecule has 0 atom stereocenters. The van der Waals surface area contributed by atoms with Crippen molar-refractivity contribution in [3.05, 3.63) is 64.3 Å². The molecule has 0 bridgehead atoms. The second-order valence-corrected chi connectivity index (χ2v) is 12.8. The molecule has 5 rings (SSSR count). The van der Waals surface area contributed by atoms with Gasteiger partial charge in [0.05, 0.1) is 24.0 Å². The lowest BCUT2D eigenvalue weighted by molar-refractivity contribution is -0.176. The number of carbonyl (C=O) groups excluding carboxylic acids is 1. The predicted octanol–water partition coefficient (Wildman–Crippen LogP) is 6.53. The lowest BCUT2D eigenvalue weighted by atomic mass is 9.74. The first-order valence-corrected chi connectivity index (χ1v) is 16.7. The zero-order valence-electron chi connectivity index (χ0n) is 27.8. The van der Waals surface area contributed by atoms with Crippen molar-refractivity contribution < 1.29 is 51.7 Å². The van der Waals surface area contributed by atoms with Crippen LogP contribution in [0.5, 0.6) is 5.75 Å². The molecule has 13 nitrogen and oxygen atoms in total. The number of hydrogen-bond acceptors (Lipinski definition) is 11. The number of benzene rings is 2. The number of anilines is 4. The number of fused-ring (bicyclic) bond motifs is 1. The molecular weight excluding hydrogens is 682 g/mol. The summed E-state index contributed by atoms with van der Waals surface area (Å²) in [6.07, 6.45) is -3.45. The zero-order valence-corrected chi connectivity index (χ0v) is 28.7. The van der Waals surface area contributed by atoms with Crippen LogP contribution in [-0.2, 0) is 37.1 Å². The average molecular weight is 720 g/mol. The van der Waals surface area contributed by atoms with Crippen molar-refractivity contribution in [1.29, 1.82) is 0 Å². The summed E-state index contributed by atoms with van der Waals surface area (Å²) >= 11 is 0. The van der Waals surface area contributed by atoms with E-state index in [0.29, 0.717) is 30.2 Å². The Morgan fingerprint density at radius 2 is 1.76 bits per heavy atom. The van der Waals surface area contributed by atoms with Crippen LogP contribution in [0.3, 0.4) is 0 Å². The van der Waals surface area contributed by atoms with E-state index < -0.39 is 49.0 Å². The summed E-state index contributed by atoms with van der Waals surface area (Å²) in [6, 6.07) is 7.84. The molecule has 1 amide bonds. The molecule has 4 N–H and O–H groups in total. The molecule has 2 aromatic carbocycles. The molecule has 1 saturated carbocycles. The Balaban J connectivity index is 1.49. The van der Waals surface area contributed by atoms with Crippen molar-refractivity contribution in [3.8, 4) is 5.75 Å². The van der Waals surface area contributed by atoms with Crippen LogP contribution in [0.15, 0.2) is 36.5 Å². The summed E-state index contributed by atoms with van der Waals surface area (Å²) in [7, 11) is 2.50. The number of hydrogen-bond donors (Lipinski definition) is 4. The van der Waals surface area contributed by atoms with Gasteiger partial charge in [-0.25, -0.2) is 9.78 Å².